The maximum Gasteiger partial charge on any atom is 0.237 e. The molecule has 116 valence electrons. The third-order valence-electron chi connectivity index (χ3n) is 3.03. The lowest BCUT2D eigenvalue weighted by Gasteiger charge is -2.14. The summed E-state index contributed by atoms with van der Waals surface area (Å²) in [5, 5.41) is 3.83. The molecular formula is C16H18ClN3OS. The maximum absolute atomic E-state index is 12.2. The van der Waals surface area contributed by atoms with Crippen molar-refractivity contribution in [1.29, 1.82) is 0 Å². The minimum Gasteiger partial charge on any atom is -0.378 e. The zero-order valence-electron chi connectivity index (χ0n) is 12.7. The third-order valence-corrected chi connectivity index (χ3v) is 4.57. The lowest BCUT2D eigenvalue weighted by atomic mass is 10.2. The number of hydrogen-bond donors (Lipinski definition) is 1. The van der Waals surface area contributed by atoms with Crippen molar-refractivity contribution < 1.29 is 4.79 Å². The highest BCUT2D eigenvalue weighted by molar-refractivity contribution is 8.00. The Morgan fingerprint density at radius 2 is 1.95 bits per heavy atom. The minimum atomic E-state index is -0.291. The van der Waals surface area contributed by atoms with Gasteiger partial charge in [0.1, 0.15) is 5.03 Å². The first-order valence-corrected chi connectivity index (χ1v) is 8.08. The van der Waals surface area contributed by atoms with Crippen LogP contribution in [-0.2, 0) is 4.79 Å². The van der Waals surface area contributed by atoms with E-state index < -0.39 is 0 Å². The molecule has 1 amide bonds. The van der Waals surface area contributed by atoms with Crippen LogP contribution in [-0.4, -0.2) is 30.2 Å². The Bertz CT molecular complexity index is 646. The lowest BCUT2D eigenvalue weighted by Crippen LogP contribution is -2.22. The van der Waals surface area contributed by atoms with Crippen LogP contribution < -0.4 is 10.2 Å². The first kappa shape index (κ1) is 16.6. The summed E-state index contributed by atoms with van der Waals surface area (Å²) in [4.78, 5) is 18.4. The number of pyridine rings is 1. The van der Waals surface area contributed by atoms with Crippen molar-refractivity contribution >= 4 is 40.6 Å². The Labute approximate surface area is 139 Å². The van der Waals surface area contributed by atoms with Crippen LogP contribution in [0.4, 0.5) is 11.4 Å². The first-order valence-electron chi connectivity index (χ1n) is 6.83. The molecule has 0 bridgehead atoms. The van der Waals surface area contributed by atoms with Crippen molar-refractivity contribution in [1.82, 2.24) is 4.98 Å². The Morgan fingerprint density at radius 3 is 2.55 bits per heavy atom. The summed E-state index contributed by atoms with van der Waals surface area (Å²) < 4.78 is 0. The molecule has 0 spiro atoms. The lowest BCUT2D eigenvalue weighted by molar-refractivity contribution is -0.115. The Morgan fingerprint density at radius 1 is 1.27 bits per heavy atom. The number of carbonyl (C=O) groups excluding carboxylic acids is 1. The van der Waals surface area contributed by atoms with Gasteiger partial charge in [-0.15, -0.1) is 0 Å². The van der Waals surface area contributed by atoms with Crippen LogP contribution in [0.2, 0.25) is 5.02 Å². The molecule has 1 heterocycles. The van der Waals surface area contributed by atoms with E-state index in [-0.39, 0.29) is 11.2 Å². The van der Waals surface area contributed by atoms with Gasteiger partial charge in [-0.2, -0.15) is 0 Å². The molecule has 0 aliphatic heterocycles. The number of hydrogen-bond acceptors (Lipinski definition) is 4. The summed E-state index contributed by atoms with van der Waals surface area (Å²) in [6.07, 6.45) is 1.67. The molecule has 0 radical (unpaired) electrons. The molecule has 1 aromatic carbocycles. The molecular weight excluding hydrogens is 318 g/mol. The molecule has 0 unspecified atom stereocenters. The van der Waals surface area contributed by atoms with Gasteiger partial charge in [0.2, 0.25) is 5.91 Å². The Hall–Kier alpha value is -1.72. The SMILES string of the molecule is C[C@@H](Sc1ncccc1Cl)C(=O)Nc1ccc(N(C)C)cc1. The summed E-state index contributed by atoms with van der Waals surface area (Å²) in [5.41, 5.74) is 1.86. The molecule has 0 fully saturated rings. The minimum absolute atomic E-state index is 0.0793. The topological polar surface area (TPSA) is 45.2 Å². The fourth-order valence-electron chi connectivity index (χ4n) is 1.77. The standard InChI is InChI=1S/C16H18ClN3OS/c1-11(22-16-14(17)5-4-10-18-16)15(21)19-12-6-8-13(9-7-12)20(2)3/h4-11H,1-3H3,(H,19,21)/t11-/m1/s1. The van der Waals surface area contributed by atoms with Gasteiger partial charge in [0, 0.05) is 31.7 Å². The van der Waals surface area contributed by atoms with Crippen LogP contribution in [0, 0.1) is 0 Å². The van der Waals surface area contributed by atoms with Crippen molar-refractivity contribution in [2.24, 2.45) is 0 Å². The molecule has 0 saturated heterocycles. The number of thioether (sulfide) groups is 1. The van der Waals surface area contributed by atoms with E-state index in [1.165, 1.54) is 11.8 Å². The van der Waals surface area contributed by atoms with Gasteiger partial charge in [-0.25, -0.2) is 4.98 Å². The van der Waals surface area contributed by atoms with Gasteiger partial charge in [0.25, 0.3) is 0 Å². The number of halogens is 1. The summed E-state index contributed by atoms with van der Waals surface area (Å²) >= 11 is 7.40. The van der Waals surface area contributed by atoms with E-state index in [2.05, 4.69) is 10.3 Å². The quantitative estimate of drug-likeness (QED) is 0.841. The molecule has 0 saturated carbocycles. The van der Waals surface area contributed by atoms with E-state index in [1.54, 1.807) is 18.3 Å². The van der Waals surface area contributed by atoms with Crippen molar-refractivity contribution in [2.45, 2.75) is 17.2 Å². The molecule has 22 heavy (non-hydrogen) atoms. The van der Waals surface area contributed by atoms with Crippen LogP contribution in [0.3, 0.4) is 0 Å². The number of anilines is 2. The Kier molecular flexibility index (Phi) is 5.69. The molecule has 4 nitrogen and oxygen atoms in total. The van der Waals surface area contributed by atoms with E-state index in [4.69, 9.17) is 11.6 Å². The Balaban J connectivity index is 1.98. The van der Waals surface area contributed by atoms with E-state index >= 15 is 0 Å². The van der Waals surface area contributed by atoms with Gasteiger partial charge in [0.05, 0.1) is 10.3 Å². The predicted octanol–water partition coefficient (Wildman–Crippen LogP) is 3.92. The van der Waals surface area contributed by atoms with Crippen LogP contribution in [0.25, 0.3) is 0 Å². The van der Waals surface area contributed by atoms with E-state index in [0.29, 0.717) is 10.0 Å². The second kappa shape index (κ2) is 7.51. The second-order valence-electron chi connectivity index (χ2n) is 4.98. The number of benzene rings is 1. The van der Waals surface area contributed by atoms with Gasteiger partial charge in [-0.05, 0) is 43.3 Å². The molecule has 0 aliphatic rings. The first-order chi connectivity index (χ1) is 10.5. The monoisotopic (exact) mass is 335 g/mol. The fourth-order valence-corrected chi connectivity index (χ4v) is 2.82. The van der Waals surface area contributed by atoms with Crippen LogP contribution >= 0.6 is 23.4 Å². The summed E-state index contributed by atoms with van der Waals surface area (Å²) in [5.74, 6) is -0.0793. The average Bonchev–Trinajstić information content (AvgIpc) is 2.50. The largest absolute Gasteiger partial charge is 0.378 e. The zero-order chi connectivity index (χ0) is 16.1. The van der Waals surface area contributed by atoms with Gasteiger partial charge in [-0.1, -0.05) is 23.4 Å². The zero-order valence-corrected chi connectivity index (χ0v) is 14.3. The van der Waals surface area contributed by atoms with Crippen molar-refractivity contribution in [3.8, 4) is 0 Å². The number of aromatic nitrogens is 1. The van der Waals surface area contributed by atoms with Crippen molar-refractivity contribution in [2.75, 3.05) is 24.3 Å². The van der Waals surface area contributed by atoms with Gasteiger partial charge < -0.3 is 10.2 Å². The molecule has 2 aromatic rings. The maximum atomic E-state index is 12.2. The third kappa shape index (κ3) is 4.39. The number of amides is 1. The highest BCUT2D eigenvalue weighted by Gasteiger charge is 2.16. The molecule has 1 atom stereocenters. The van der Waals surface area contributed by atoms with Crippen LogP contribution in [0.1, 0.15) is 6.92 Å². The highest BCUT2D eigenvalue weighted by Crippen LogP contribution is 2.28. The average molecular weight is 336 g/mol. The number of rotatable bonds is 5. The fraction of sp³-hybridized carbons (Fsp3) is 0.250. The van der Waals surface area contributed by atoms with Crippen molar-refractivity contribution in [3.63, 3.8) is 0 Å². The van der Waals surface area contributed by atoms with Gasteiger partial charge in [-0.3, -0.25) is 4.79 Å². The van der Waals surface area contributed by atoms with Crippen LogP contribution in [0.15, 0.2) is 47.6 Å². The number of nitrogens with zero attached hydrogens (tertiary/aromatic N) is 2. The summed E-state index contributed by atoms with van der Waals surface area (Å²) in [6, 6.07) is 11.2. The summed E-state index contributed by atoms with van der Waals surface area (Å²) in [6.45, 7) is 1.83. The normalized spacial score (nSPS) is 11.8. The molecule has 0 aliphatic carbocycles. The highest BCUT2D eigenvalue weighted by atomic mass is 35.5. The van der Waals surface area contributed by atoms with E-state index in [0.717, 1.165) is 11.4 Å². The number of carbonyl (C=O) groups is 1. The summed E-state index contributed by atoms with van der Waals surface area (Å²) in [7, 11) is 3.95. The molecule has 6 heteroatoms. The predicted molar refractivity (Wildman–Crippen MR) is 94.0 cm³/mol. The second-order valence-corrected chi connectivity index (χ2v) is 6.72. The molecule has 2 rings (SSSR count). The van der Waals surface area contributed by atoms with Crippen molar-refractivity contribution in [3.05, 3.63) is 47.6 Å². The molecule has 1 aromatic heterocycles. The van der Waals surface area contributed by atoms with E-state index in [9.17, 15) is 4.79 Å². The van der Waals surface area contributed by atoms with E-state index in [1.807, 2.05) is 50.2 Å². The molecule has 1 N–H and O–H groups in total. The van der Waals surface area contributed by atoms with Gasteiger partial charge in [0.15, 0.2) is 0 Å². The van der Waals surface area contributed by atoms with Crippen LogP contribution in [0.5, 0.6) is 0 Å². The van der Waals surface area contributed by atoms with Gasteiger partial charge >= 0.3 is 0 Å². The number of nitrogens with one attached hydrogen (secondary N) is 1. The smallest absolute Gasteiger partial charge is 0.237 e.